The molecule has 2 aliphatic heterocycles. The van der Waals surface area contributed by atoms with E-state index in [1.165, 1.54) is 5.57 Å². The third kappa shape index (κ3) is 7.44. The molecular weight excluding hydrogens is 383 g/mol. The minimum Gasteiger partial charge on any atom is -0.379 e. The van der Waals surface area contributed by atoms with Crippen LogP contribution >= 0.6 is 24.0 Å². The van der Waals surface area contributed by atoms with Crippen molar-refractivity contribution in [2.45, 2.75) is 6.42 Å². The Hall–Kier alpha value is -0.380. The number of hydrogen-bond donors (Lipinski definition) is 2. The highest BCUT2D eigenvalue weighted by molar-refractivity contribution is 14.0. The van der Waals surface area contributed by atoms with Crippen LogP contribution in [0.4, 0.5) is 0 Å². The van der Waals surface area contributed by atoms with E-state index < -0.39 is 0 Å². The second kappa shape index (κ2) is 11.2. The summed E-state index contributed by atoms with van der Waals surface area (Å²) in [6.07, 6.45) is 3.26. The lowest BCUT2D eigenvalue weighted by Gasteiger charge is -2.26. The first-order chi connectivity index (χ1) is 9.88. The fraction of sp³-hybridized carbons (Fsp3) is 0.786. The topological polar surface area (TPSA) is 58.1 Å². The van der Waals surface area contributed by atoms with Gasteiger partial charge in [-0.05, 0) is 12.0 Å². The Kier molecular flexibility index (Phi) is 9.98. The van der Waals surface area contributed by atoms with Crippen LogP contribution in [0.15, 0.2) is 16.6 Å². The number of guanidine groups is 1. The zero-order valence-electron chi connectivity index (χ0n) is 12.8. The number of halogens is 1. The third-order valence-electron chi connectivity index (χ3n) is 3.51. The van der Waals surface area contributed by atoms with Crippen molar-refractivity contribution in [3.05, 3.63) is 11.6 Å². The fourth-order valence-corrected chi connectivity index (χ4v) is 2.31. The van der Waals surface area contributed by atoms with Gasteiger partial charge in [0.25, 0.3) is 0 Å². The van der Waals surface area contributed by atoms with E-state index in [-0.39, 0.29) is 24.0 Å². The van der Waals surface area contributed by atoms with Crippen molar-refractivity contribution in [3.8, 4) is 0 Å². The Morgan fingerprint density at radius 2 is 2.05 bits per heavy atom. The standard InChI is InChI=1S/C14H26N4O2.HI/c1-15-14(17-11-13-3-2-8-20-12-13)16-4-5-18-6-9-19-10-7-18;/h3H,2,4-12H2,1H3,(H2,15,16,17);1H. The lowest BCUT2D eigenvalue weighted by Crippen LogP contribution is -2.44. The van der Waals surface area contributed by atoms with Crippen molar-refractivity contribution in [1.29, 1.82) is 0 Å². The van der Waals surface area contributed by atoms with E-state index in [2.05, 4.69) is 26.6 Å². The molecular formula is C14H27IN4O2. The summed E-state index contributed by atoms with van der Waals surface area (Å²) in [4.78, 5) is 6.64. The number of morpholine rings is 1. The number of nitrogens with zero attached hydrogens (tertiary/aromatic N) is 2. The summed E-state index contributed by atoms with van der Waals surface area (Å²) in [6.45, 7) is 8.05. The van der Waals surface area contributed by atoms with E-state index in [0.717, 1.165) is 71.5 Å². The van der Waals surface area contributed by atoms with Gasteiger partial charge < -0.3 is 20.1 Å². The lowest BCUT2D eigenvalue weighted by molar-refractivity contribution is 0.0389. The minimum absolute atomic E-state index is 0. The normalized spacial score (nSPS) is 20.4. The second-order valence-electron chi connectivity index (χ2n) is 5.01. The molecule has 0 aromatic heterocycles. The highest BCUT2D eigenvalue weighted by atomic mass is 127. The highest BCUT2D eigenvalue weighted by Crippen LogP contribution is 2.03. The lowest BCUT2D eigenvalue weighted by atomic mass is 10.2. The van der Waals surface area contributed by atoms with Gasteiger partial charge in [0.1, 0.15) is 0 Å². The van der Waals surface area contributed by atoms with E-state index >= 15 is 0 Å². The number of ether oxygens (including phenoxy) is 2. The molecule has 0 radical (unpaired) electrons. The summed E-state index contributed by atoms with van der Waals surface area (Å²) in [6, 6.07) is 0. The van der Waals surface area contributed by atoms with Gasteiger partial charge in [-0.15, -0.1) is 24.0 Å². The number of nitrogens with one attached hydrogen (secondary N) is 2. The van der Waals surface area contributed by atoms with Crippen LogP contribution in [0.1, 0.15) is 6.42 Å². The predicted molar refractivity (Wildman–Crippen MR) is 95.6 cm³/mol. The molecule has 6 nitrogen and oxygen atoms in total. The Labute approximate surface area is 144 Å². The van der Waals surface area contributed by atoms with Crippen molar-refractivity contribution in [3.63, 3.8) is 0 Å². The maximum absolute atomic E-state index is 5.42. The Balaban J connectivity index is 0.00000220. The molecule has 0 bridgehead atoms. The molecule has 0 aromatic carbocycles. The van der Waals surface area contributed by atoms with E-state index in [1.807, 2.05) is 0 Å². The quantitative estimate of drug-likeness (QED) is 0.298. The molecule has 0 saturated carbocycles. The Morgan fingerprint density at radius 3 is 2.71 bits per heavy atom. The molecule has 2 aliphatic rings. The van der Waals surface area contributed by atoms with Crippen LogP contribution in [0.2, 0.25) is 0 Å². The van der Waals surface area contributed by atoms with E-state index in [1.54, 1.807) is 7.05 Å². The molecule has 0 amide bonds. The van der Waals surface area contributed by atoms with E-state index in [9.17, 15) is 0 Å². The van der Waals surface area contributed by atoms with Crippen molar-refractivity contribution in [2.75, 3.05) is 66.2 Å². The summed E-state index contributed by atoms with van der Waals surface area (Å²) in [5, 5.41) is 6.67. The summed E-state index contributed by atoms with van der Waals surface area (Å²) in [5.41, 5.74) is 1.30. The number of hydrogen-bond acceptors (Lipinski definition) is 4. The average molecular weight is 410 g/mol. The minimum atomic E-state index is 0. The largest absolute Gasteiger partial charge is 0.379 e. The van der Waals surface area contributed by atoms with E-state index in [4.69, 9.17) is 9.47 Å². The van der Waals surface area contributed by atoms with Gasteiger partial charge in [0, 0.05) is 39.8 Å². The van der Waals surface area contributed by atoms with Crippen LogP contribution in [0.3, 0.4) is 0 Å². The molecule has 122 valence electrons. The van der Waals surface area contributed by atoms with Gasteiger partial charge >= 0.3 is 0 Å². The molecule has 7 heteroatoms. The summed E-state index contributed by atoms with van der Waals surface area (Å²) >= 11 is 0. The van der Waals surface area contributed by atoms with Gasteiger partial charge in [-0.25, -0.2) is 0 Å². The van der Waals surface area contributed by atoms with Crippen molar-refractivity contribution in [1.82, 2.24) is 15.5 Å². The van der Waals surface area contributed by atoms with Gasteiger partial charge in [-0.2, -0.15) is 0 Å². The van der Waals surface area contributed by atoms with Crippen molar-refractivity contribution >= 4 is 29.9 Å². The Morgan fingerprint density at radius 1 is 1.24 bits per heavy atom. The van der Waals surface area contributed by atoms with Crippen LogP contribution in [0, 0.1) is 0 Å². The molecule has 2 heterocycles. The molecule has 1 saturated heterocycles. The van der Waals surface area contributed by atoms with E-state index in [0.29, 0.717) is 0 Å². The van der Waals surface area contributed by atoms with Crippen LogP contribution in [0.5, 0.6) is 0 Å². The van der Waals surface area contributed by atoms with Gasteiger partial charge in [0.2, 0.25) is 0 Å². The third-order valence-corrected chi connectivity index (χ3v) is 3.51. The summed E-state index contributed by atoms with van der Waals surface area (Å²) in [5.74, 6) is 0.852. The molecule has 0 atom stereocenters. The Bertz CT molecular complexity index is 344. The molecule has 2 N–H and O–H groups in total. The average Bonchev–Trinajstić information content (AvgIpc) is 2.52. The molecule has 21 heavy (non-hydrogen) atoms. The molecule has 0 aliphatic carbocycles. The highest BCUT2D eigenvalue weighted by Gasteiger charge is 2.10. The first kappa shape index (κ1) is 18.7. The van der Waals surface area contributed by atoms with Gasteiger partial charge in [0.15, 0.2) is 5.96 Å². The first-order valence-electron chi connectivity index (χ1n) is 7.39. The summed E-state index contributed by atoms with van der Waals surface area (Å²) in [7, 11) is 1.80. The zero-order valence-corrected chi connectivity index (χ0v) is 15.1. The van der Waals surface area contributed by atoms with Crippen LogP contribution in [-0.2, 0) is 9.47 Å². The zero-order chi connectivity index (χ0) is 14.0. The summed E-state index contributed by atoms with van der Waals surface area (Å²) < 4.78 is 10.8. The van der Waals surface area contributed by atoms with Crippen LogP contribution in [-0.4, -0.2) is 77.1 Å². The molecule has 1 fully saturated rings. The van der Waals surface area contributed by atoms with Crippen LogP contribution in [0.25, 0.3) is 0 Å². The van der Waals surface area contributed by atoms with Gasteiger partial charge in [-0.1, -0.05) is 6.08 Å². The smallest absolute Gasteiger partial charge is 0.191 e. The van der Waals surface area contributed by atoms with Gasteiger partial charge in [0.05, 0.1) is 26.4 Å². The van der Waals surface area contributed by atoms with Crippen molar-refractivity contribution < 1.29 is 9.47 Å². The predicted octanol–water partition coefficient (Wildman–Crippen LogP) is 0.448. The second-order valence-corrected chi connectivity index (χ2v) is 5.01. The fourth-order valence-electron chi connectivity index (χ4n) is 2.31. The number of aliphatic imine (C=N–C) groups is 1. The number of rotatable bonds is 5. The maximum Gasteiger partial charge on any atom is 0.191 e. The van der Waals surface area contributed by atoms with Crippen molar-refractivity contribution in [2.24, 2.45) is 4.99 Å². The molecule has 2 rings (SSSR count). The maximum atomic E-state index is 5.42. The monoisotopic (exact) mass is 410 g/mol. The van der Waals surface area contributed by atoms with Crippen LogP contribution < -0.4 is 10.6 Å². The molecule has 0 aromatic rings. The molecule has 0 spiro atoms. The molecule has 0 unspecified atom stereocenters. The SMILES string of the molecule is CN=C(NCCN1CCOCC1)NCC1=CCCOC1.I. The first-order valence-corrected chi connectivity index (χ1v) is 7.39. The van der Waals surface area contributed by atoms with Gasteiger partial charge in [-0.3, -0.25) is 9.89 Å².